The monoisotopic (exact) mass is 191 g/mol. The molecular formula is C12H17NO. The van der Waals surface area contributed by atoms with E-state index in [0.29, 0.717) is 6.10 Å². The molecule has 2 atom stereocenters. The van der Waals surface area contributed by atoms with Gasteiger partial charge in [0.25, 0.3) is 0 Å². The minimum absolute atomic E-state index is 0.383. The molecule has 1 aromatic rings. The molecule has 0 amide bonds. The van der Waals surface area contributed by atoms with Crippen molar-refractivity contribution in [1.29, 1.82) is 0 Å². The minimum atomic E-state index is 0.383. The van der Waals surface area contributed by atoms with Crippen LogP contribution in [0.15, 0.2) is 24.4 Å². The van der Waals surface area contributed by atoms with Gasteiger partial charge in [0.05, 0.1) is 0 Å². The fourth-order valence-electron chi connectivity index (χ4n) is 2.07. The van der Waals surface area contributed by atoms with Gasteiger partial charge in [-0.15, -0.1) is 0 Å². The number of pyridine rings is 1. The molecule has 0 aromatic carbocycles. The normalized spacial score (nSPS) is 27.2. The lowest BCUT2D eigenvalue weighted by molar-refractivity contribution is 0.124. The summed E-state index contributed by atoms with van der Waals surface area (Å²) < 4.78 is 5.81. The zero-order valence-electron chi connectivity index (χ0n) is 8.65. The van der Waals surface area contributed by atoms with Gasteiger partial charge < -0.3 is 4.74 Å². The predicted molar refractivity (Wildman–Crippen MR) is 56.3 cm³/mol. The van der Waals surface area contributed by atoms with E-state index in [1.54, 1.807) is 6.20 Å². The Kier molecular flexibility index (Phi) is 3.02. The zero-order chi connectivity index (χ0) is 9.80. The number of ether oxygens (including phenoxy) is 1. The lowest BCUT2D eigenvalue weighted by Crippen LogP contribution is -2.24. The molecule has 1 heterocycles. The highest BCUT2D eigenvalue weighted by molar-refractivity contribution is 5.09. The highest BCUT2D eigenvalue weighted by Gasteiger charge is 2.20. The van der Waals surface area contributed by atoms with Crippen molar-refractivity contribution in [3.8, 4) is 5.88 Å². The van der Waals surface area contributed by atoms with Crippen LogP contribution in [0.3, 0.4) is 0 Å². The molecule has 2 rings (SSSR count). The fourth-order valence-corrected chi connectivity index (χ4v) is 2.07. The molecule has 14 heavy (non-hydrogen) atoms. The maximum absolute atomic E-state index is 5.81. The maximum Gasteiger partial charge on any atom is 0.213 e. The summed E-state index contributed by atoms with van der Waals surface area (Å²) in [5.74, 6) is 1.57. The van der Waals surface area contributed by atoms with Crippen molar-refractivity contribution in [3.63, 3.8) is 0 Å². The van der Waals surface area contributed by atoms with Crippen LogP contribution < -0.4 is 4.74 Å². The van der Waals surface area contributed by atoms with Crippen LogP contribution in [0.5, 0.6) is 5.88 Å². The van der Waals surface area contributed by atoms with Crippen LogP contribution in [-0.2, 0) is 0 Å². The standard InChI is InChI=1S/C12H17NO/c1-10-5-4-6-11(9-10)14-12-7-2-3-8-13-12/h2-3,7-8,10-11H,4-6,9H2,1H3. The molecule has 2 unspecified atom stereocenters. The second kappa shape index (κ2) is 4.45. The van der Waals surface area contributed by atoms with Gasteiger partial charge in [-0.2, -0.15) is 0 Å². The molecule has 1 saturated carbocycles. The van der Waals surface area contributed by atoms with Crippen LogP contribution in [0.1, 0.15) is 32.6 Å². The van der Waals surface area contributed by atoms with Crippen LogP contribution in [0.25, 0.3) is 0 Å². The first-order chi connectivity index (χ1) is 6.84. The fraction of sp³-hybridized carbons (Fsp3) is 0.583. The van der Waals surface area contributed by atoms with Crippen LogP contribution in [0.4, 0.5) is 0 Å². The molecule has 1 fully saturated rings. The summed E-state index contributed by atoms with van der Waals surface area (Å²) >= 11 is 0. The second-order valence-electron chi connectivity index (χ2n) is 4.18. The van der Waals surface area contributed by atoms with Gasteiger partial charge in [-0.05, 0) is 31.2 Å². The van der Waals surface area contributed by atoms with Crippen molar-refractivity contribution in [2.75, 3.05) is 0 Å². The smallest absolute Gasteiger partial charge is 0.213 e. The van der Waals surface area contributed by atoms with E-state index in [9.17, 15) is 0 Å². The Hall–Kier alpha value is -1.05. The van der Waals surface area contributed by atoms with E-state index in [1.165, 1.54) is 25.7 Å². The van der Waals surface area contributed by atoms with Gasteiger partial charge in [-0.3, -0.25) is 0 Å². The Labute approximate surface area is 85.3 Å². The quantitative estimate of drug-likeness (QED) is 0.716. The predicted octanol–water partition coefficient (Wildman–Crippen LogP) is 3.04. The summed E-state index contributed by atoms with van der Waals surface area (Å²) in [6.45, 7) is 2.30. The van der Waals surface area contributed by atoms with E-state index in [2.05, 4.69) is 11.9 Å². The number of nitrogens with zero attached hydrogens (tertiary/aromatic N) is 1. The summed E-state index contributed by atoms with van der Waals surface area (Å²) in [4.78, 5) is 4.18. The van der Waals surface area contributed by atoms with Crippen molar-refractivity contribution in [3.05, 3.63) is 24.4 Å². The number of rotatable bonds is 2. The Morgan fingerprint density at radius 3 is 3.00 bits per heavy atom. The van der Waals surface area contributed by atoms with Crippen molar-refractivity contribution < 1.29 is 4.74 Å². The lowest BCUT2D eigenvalue weighted by Gasteiger charge is -2.26. The highest BCUT2D eigenvalue weighted by Crippen LogP contribution is 2.26. The van der Waals surface area contributed by atoms with Gasteiger partial charge >= 0.3 is 0 Å². The van der Waals surface area contributed by atoms with Crippen LogP contribution in [0.2, 0.25) is 0 Å². The Bertz CT molecular complexity index is 273. The van der Waals surface area contributed by atoms with Crippen molar-refractivity contribution in [2.24, 2.45) is 5.92 Å². The molecule has 0 spiro atoms. The van der Waals surface area contributed by atoms with Gasteiger partial charge in [0.15, 0.2) is 0 Å². The largest absolute Gasteiger partial charge is 0.474 e. The van der Waals surface area contributed by atoms with Crippen LogP contribution in [0, 0.1) is 5.92 Å². The summed E-state index contributed by atoms with van der Waals surface area (Å²) in [6.07, 6.45) is 7.16. The van der Waals surface area contributed by atoms with E-state index in [1.807, 2.05) is 18.2 Å². The minimum Gasteiger partial charge on any atom is -0.474 e. The van der Waals surface area contributed by atoms with Gasteiger partial charge in [-0.1, -0.05) is 19.4 Å². The third-order valence-electron chi connectivity index (χ3n) is 2.81. The first-order valence-corrected chi connectivity index (χ1v) is 5.42. The maximum atomic E-state index is 5.81. The average Bonchev–Trinajstić information content (AvgIpc) is 2.19. The van der Waals surface area contributed by atoms with Gasteiger partial charge in [0, 0.05) is 12.3 Å². The number of hydrogen-bond donors (Lipinski definition) is 0. The summed E-state index contributed by atoms with van der Waals surface area (Å²) in [5.41, 5.74) is 0. The van der Waals surface area contributed by atoms with E-state index < -0.39 is 0 Å². The summed E-state index contributed by atoms with van der Waals surface area (Å²) in [7, 11) is 0. The van der Waals surface area contributed by atoms with Crippen molar-refractivity contribution in [2.45, 2.75) is 38.7 Å². The van der Waals surface area contributed by atoms with Crippen molar-refractivity contribution >= 4 is 0 Å². The molecule has 0 radical (unpaired) electrons. The van der Waals surface area contributed by atoms with E-state index in [0.717, 1.165) is 11.8 Å². The molecule has 0 N–H and O–H groups in total. The first-order valence-electron chi connectivity index (χ1n) is 5.42. The zero-order valence-corrected chi connectivity index (χ0v) is 8.65. The summed E-state index contributed by atoms with van der Waals surface area (Å²) in [6, 6.07) is 5.81. The third-order valence-corrected chi connectivity index (χ3v) is 2.81. The van der Waals surface area contributed by atoms with Gasteiger partial charge in [0.2, 0.25) is 5.88 Å². The molecule has 2 nitrogen and oxygen atoms in total. The first kappa shape index (κ1) is 9.50. The SMILES string of the molecule is CC1CCCC(Oc2ccccn2)C1. The Morgan fingerprint density at radius 1 is 1.36 bits per heavy atom. The third kappa shape index (κ3) is 2.47. The van der Waals surface area contributed by atoms with Crippen LogP contribution >= 0.6 is 0 Å². The molecule has 0 bridgehead atoms. The molecule has 1 aromatic heterocycles. The molecule has 0 saturated heterocycles. The Morgan fingerprint density at radius 2 is 2.29 bits per heavy atom. The molecule has 1 aliphatic carbocycles. The number of hydrogen-bond acceptors (Lipinski definition) is 2. The molecule has 1 aliphatic rings. The lowest BCUT2D eigenvalue weighted by atomic mass is 9.89. The molecule has 76 valence electrons. The van der Waals surface area contributed by atoms with E-state index in [4.69, 9.17) is 4.74 Å². The van der Waals surface area contributed by atoms with E-state index >= 15 is 0 Å². The molecule has 0 aliphatic heterocycles. The van der Waals surface area contributed by atoms with Gasteiger partial charge in [0.1, 0.15) is 6.10 Å². The van der Waals surface area contributed by atoms with Gasteiger partial charge in [-0.25, -0.2) is 4.98 Å². The summed E-state index contributed by atoms with van der Waals surface area (Å²) in [5, 5.41) is 0. The van der Waals surface area contributed by atoms with E-state index in [-0.39, 0.29) is 0 Å². The molecule has 2 heteroatoms. The Balaban J connectivity index is 1.91. The topological polar surface area (TPSA) is 22.1 Å². The second-order valence-corrected chi connectivity index (χ2v) is 4.18. The van der Waals surface area contributed by atoms with Crippen LogP contribution in [-0.4, -0.2) is 11.1 Å². The average molecular weight is 191 g/mol. The number of aromatic nitrogens is 1. The van der Waals surface area contributed by atoms with Crippen molar-refractivity contribution in [1.82, 2.24) is 4.98 Å². The highest BCUT2D eigenvalue weighted by atomic mass is 16.5. The molecular weight excluding hydrogens is 174 g/mol.